The van der Waals surface area contributed by atoms with Crippen molar-refractivity contribution in [2.75, 3.05) is 32.8 Å². The van der Waals surface area contributed by atoms with Crippen molar-refractivity contribution < 1.29 is 9.53 Å². The molecule has 3 heterocycles. The van der Waals surface area contributed by atoms with Crippen LogP contribution in [0.4, 0.5) is 0 Å². The highest BCUT2D eigenvalue weighted by atomic mass is 16.5. The van der Waals surface area contributed by atoms with Gasteiger partial charge < -0.3 is 14.5 Å². The van der Waals surface area contributed by atoms with E-state index in [0.717, 1.165) is 64.9 Å². The molecule has 5 heteroatoms. The molecule has 1 spiro atoms. The van der Waals surface area contributed by atoms with Crippen LogP contribution in [-0.2, 0) is 4.74 Å². The van der Waals surface area contributed by atoms with Crippen molar-refractivity contribution in [2.24, 2.45) is 0 Å². The van der Waals surface area contributed by atoms with Gasteiger partial charge in [0.1, 0.15) is 0 Å². The molecule has 0 unspecified atom stereocenters. The first-order chi connectivity index (χ1) is 13.2. The Balaban J connectivity index is 1.44. The fourth-order valence-electron chi connectivity index (χ4n) is 5.11. The van der Waals surface area contributed by atoms with Crippen molar-refractivity contribution in [3.63, 3.8) is 0 Å². The summed E-state index contributed by atoms with van der Waals surface area (Å²) in [6, 6.07) is 9.20. The third-order valence-corrected chi connectivity index (χ3v) is 6.60. The van der Waals surface area contributed by atoms with Gasteiger partial charge in [-0.1, -0.05) is 0 Å². The van der Waals surface area contributed by atoms with E-state index in [2.05, 4.69) is 15.9 Å². The molecule has 5 nitrogen and oxygen atoms in total. The molecule has 1 aromatic rings. The quantitative estimate of drug-likeness (QED) is 0.823. The van der Waals surface area contributed by atoms with Gasteiger partial charge in [0, 0.05) is 37.3 Å². The summed E-state index contributed by atoms with van der Waals surface area (Å²) in [4.78, 5) is 17.9. The summed E-state index contributed by atoms with van der Waals surface area (Å²) < 4.78 is 5.82. The summed E-state index contributed by atoms with van der Waals surface area (Å²) in [6.45, 7) is 4.97. The van der Waals surface area contributed by atoms with Crippen molar-refractivity contribution in [2.45, 2.75) is 56.6 Å². The predicted molar refractivity (Wildman–Crippen MR) is 103 cm³/mol. The smallest absolute Gasteiger partial charge is 0.254 e. The number of amides is 1. The van der Waals surface area contributed by atoms with Gasteiger partial charge in [0.05, 0.1) is 17.7 Å². The minimum absolute atomic E-state index is 0.0102. The molecule has 1 amide bonds. The maximum Gasteiger partial charge on any atom is 0.254 e. The zero-order valence-corrected chi connectivity index (χ0v) is 16.0. The van der Waals surface area contributed by atoms with Crippen LogP contribution < -0.4 is 0 Å². The molecule has 0 saturated carbocycles. The van der Waals surface area contributed by atoms with Crippen LogP contribution in [0.15, 0.2) is 24.3 Å². The first-order valence-corrected chi connectivity index (χ1v) is 10.4. The number of ether oxygens (including phenoxy) is 1. The van der Waals surface area contributed by atoms with Gasteiger partial charge in [-0.05, 0) is 75.8 Å². The van der Waals surface area contributed by atoms with Gasteiger partial charge in [0.15, 0.2) is 0 Å². The Kier molecular flexibility index (Phi) is 5.47. The number of carbonyl (C=O) groups is 1. The Morgan fingerprint density at radius 3 is 2.59 bits per heavy atom. The molecular weight excluding hydrogens is 338 g/mol. The van der Waals surface area contributed by atoms with Crippen molar-refractivity contribution in [3.05, 3.63) is 35.4 Å². The van der Waals surface area contributed by atoms with E-state index in [-0.39, 0.29) is 11.4 Å². The van der Waals surface area contributed by atoms with E-state index in [1.54, 1.807) is 24.3 Å². The highest BCUT2D eigenvalue weighted by Crippen LogP contribution is 2.39. The van der Waals surface area contributed by atoms with Crippen LogP contribution in [0.2, 0.25) is 0 Å². The average molecular weight is 367 g/mol. The highest BCUT2D eigenvalue weighted by molar-refractivity contribution is 5.95. The van der Waals surface area contributed by atoms with E-state index in [9.17, 15) is 4.79 Å². The number of carbonyl (C=O) groups excluding carboxylic acids is 1. The number of nitrogens with zero attached hydrogens (tertiary/aromatic N) is 3. The zero-order valence-electron chi connectivity index (χ0n) is 16.0. The summed E-state index contributed by atoms with van der Waals surface area (Å²) in [5.74, 6) is 0.129. The Bertz CT molecular complexity index is 705. The molecule has 3 fully saturated rings. The molecule has 3 aliphatic heterocycles. The molecule has 1 aromatic carbocycles. The van der Waals surface area contributed by atoms with E-state index in [1.807, 2.05) is 0 Å². The second kappa shape index (κ2) is 8.00. The molecule has 144 valence electrons. The Hall–Kier alpha value is -1.90. The lowest BCUT2D eigenvalue weighted by Crippen LogP contribution is -2.48. The van der Waals surface area contributed by atoms with Crippen LogP contribution in [0.5, 0.6) is 0 Å². The molecular formula is C22H29N3O2. The third kappa shape index (κ3) is 3.88. The number of hydrogen-bond acceptors (Lipinski definition) is 4. The van der Waals surface area contributed by atoms with Crippen molar-refractivity contribution >= 4 is 5.91 Å². The van der Waals surface area contributed by atoms with Crippen molar-refractivity contribution in [1.82, 2.24) is 9.80 Å². The molecule has 0 bridgehead atoms. The van der Waals surface area contributed by atoms with Crippen LogP contribution >= 0.6 is 0 Å². The van der Waals surface area contributed by atoms with E-state index in [1.165, 1.54) is 12.8 Å². The van der Waals surface area contributed by atoms with Gasteiger partial charge in [-0.2, -0.15) is 5.26 Å². The second-order valence-electron chi connectivity index (χ2n) is 8.26. The average Bonchev–Trinajstić information content (AvgIpc) is 3.30. The second-order valence-corrected chi connectivity index (χ2v) is 8.26. The normalized spacial score (nSPS) is 29.0. The van der Waals surface area contributed by atoms with Gasteiger partial charge >= 0.3 is 0 Å². The molecule has 4 rings (SSSR count). The maximum atomic E-state index is 13.2. The Labute approximate surface area is 161 Å². The monoisotopic (exact) mass is 367 g/mol. The van der Waals surface area contributed by atoms with E-state index in [0.29, 0.717) is 17.2 Å². The molecule has 0 aromatic heterocycles. The third-order valence-electron chi connectivity index (χ3n) is 6.60. The summed E-state index contributed by atoms with van der Waals surface area (Å²) >= 11 is 0. The lowest BCUT2D eigenvalue weighted by molar-refractivity contribution is 0.0536. The minimum atomic E-state index is 0.0102. The Morgan fingerprint density at radius 1 is 1.11 bits per heavy atom. The van der Waals surface area contributed by atoms with Gasteiger partial charge in [0.25, 0.3) is 5.91 Å². The van der Waals surface area contributed by atoms with Crippen molar-refractivity contribution in [1.29, 1.82) is 5.26 Å². The van der Waals surface area contributed by atoms with E-state index in [4.69, 9.17) is 10.00 Å². The largest absolute Gasteiger partial charge is 0.377 e. The topological polar surface area (TPSA) is 56.6 Å². The molecule has 3 saturated heterocycles. The maximum absolute atomic E-state index is 13.2. The minimum Gasteiger partial charge on any atom is -0.377 e. The molecule has 2 atom stereocenters. The van der Waals surface area contributed by atoms with Crippen LogP contribution in [0.25, 0.3) is 0 Å². The van der Waals surface area contributed by atoms with Crippen molar-refractivity contribution in [3.8, 4) is 6.07 Å². The number of rotatable bonds is 3. The summed E-state index contributed by atoms with van der Waals surface area (Å²) in [7, 11) is 0. The number of nitriles is 1. The number of likely N-dealkylation sites (tertiary alicyclic amines) is 2. The van der Waals surface area contributed by atoms with Crippen LogP contribution in [0.1, 0.15) is 60.9 Å². The van der Waals surface area contributed by atoms with Gasteiger partial charge in [-0.15, -0.1) is 0 Å². The highest BCUT2D eigenvalue weighted by Gasteiger charge is 2.44. The van der Waals surface area contributed by atoms with Gasteiger partial charge in [-0.25, -0.2) is 0 Å². The fraction of sp³-hybridized carbons (Fsp3) is 0.636. The zero-order chi connectivity index (χ0) is 18.7. The lowest BCUT2D eigenvalue weighted by atomic mass is 9.87. The first-order valence-electron chi connectivity index (χ1n) is 10.4. The molecule has 3 aliphatic rings. The van der Waals surface area contributed by atoms with Crippen LogP contribution in [0.3, 0.4) is 0 Å². The molecule has 0 N–H and O–H groups in total. The number of benzene rings is 1. The van der Waals surface area contributed by atoms with Crippen LogP contribution in [0, 0.1) is 11.3 Å². The fourth-order valence-corrected chi connectivity index (χ4v) is 5.11. The predicted octanol–water partition coefficient (Wildman–Crippen LogP) is 3.20. The molecule has 0 aliphatic carbocycles. The van der Waals surface area contributed by atoms with E-state index < -0.39 is 0 Å². The standard InChI is InChI=1S/C22H29N3O2/c23-16-18-5-7-19(8-6-18)21(26)25-13-3-10-22(25)9-2-12-24(14-11-22)17-20-4-1-15-27-20/h5-8,20H,1-4,9-15,17H2/t20-,22-/m0/s1. The van der Waals surface area contributed by atoms with Gasteiger partial charge in [0.2, 0.25) is 0 Å². The summed E-state index contributed by atoms with van der Waals surface area (Å²) in [6.07, 6.45) is 8.28. The SMILES string of the molecule is N#Cc1ccc(C(=O)N2CCC[C@]23CCCN(C[C@@H]2CCCO2)CC3)cc1. The summed E-state index contributed by atoms with van der Waals surface area (Å²) in [5, 5.41) is 8.98. The first kappa shape index (κ1) is 18.5. The summed E-state index contributed by atoms with van der Waals surface area (Å²) in [5.41, 5.74) is 1.31. The van der Waals surface area contributed by atoms with E-state index >= 15 is 0 Å². The Morgan fingerprint density at radius 2 is 1.89 bits per heavy atom. The molecule has 27 heavy (non-hydrogen) atoms. The lowest BCUT2D eigenvalue weighted by Gasteiger charge is -2.38. The number of hydrogen-bond donors (Lipinski definition) is 0. The molecule has 0 radical (unpaired) electrons. The van der Waals surface area contributed by atoms with Crippen LogP contribution in [-0.4, -0.2) is 60.1 Å². The van der Waals surface area contributed by atoms with Gasteiger partial charge in [-0.3, -0.25) is 4.79 Å².